The molecule has 1 amide bonds. The van der Waals surface area contributed by atoms with Crippen LogP contribution in [0.25, 0.3) is 0 Å². The van der Waals surface area contributed by atoms with E-state index in [2.05, 4.69) is 10.6 Å². The Hall–Kier alpha value is -1.30. The fourth-order valence-electron chi connectivity index (χ4n) is 2.81. The number of nitrogens with one attached hydrogen (secondary N) is 2. The molecule has 6 N–H and O–H groups in total. The molecule has 0 aromatic rings. The first-order chi connectivity index (χ1) is 18.5. The van der Waals surface area contributed by atoms with Crippen molar-refractivity contribution >= 4 is 12.2 Å². The van der Waals surface area contributed by atoms with Gasteiger partial charge in [0.05, 0.1) is 91.5 Å². The Labute approximate surface area is 224 Å². The quantitative estimate of drug-likeness (QED) is 0.0394. The molecule has 0 saturated heterocycles. The lowest BCUT2D eigenvalue weighted by atomic mass is 10.1. The van der Waals surface area contributed by atoms with E-state index < -0.39 is 18.3 Å². The SMILES string of the molecule is O=CCCOCCOCCOCCOCCNC(=O)CCOCCOCCNCC(O)C(O)C(O)CCO. The molecule has 0 saturated carbocycles. The van der Waals surface area contributed by atoms with Crippen molar-refractivity contribution in [2.45, 2.75) is 37.6 Å². The summed E-state index contributed by atoms with van der Waals surface area (Å²) < 4.78 is 31.9. The van der Waals surface area contributed by atoms with Crippen LogP contribution in [-0.2, 0) is 38.0 Å². The standard InChI is InChI=1S/C24H48N2O12/c27-6-1-8-33-12-16-37-18-19-38-17-15-36-11-5-26-23(31)3-9-34-13-14-35-10-4-25-20-22(30)24(32)21(29)2-7-28/h6,21-22,24-25,28-30,32H,1-5,7-20H2,(H,26,31). The van der Waals surface area contributed by atoms with Crippen LogP contribution in [0, 0.1) is 0 Å². The normalized spacial score (nSPS) is 13.8. The lowest BCUT2D eigenvalue weighted by molar-refractivity contribution is -0.122. The van der Waals surface area contributed by atoms with E-state index in [0.29, 0.717) is 92.2 Å². The summed E-state index contributed by atoms with van der Waals surface area (Å²) in [7, 11) is 0. The molecule has 3 atom stereocenters. The Balaban J connectivity index is 3.30. The fraction of sp³-hybridized carbons (Fsp3) is 0.917. The summed E-state index contributed by atoms with van der Waals surface area (Å²) in [5, 5.41) is 43.3. The average Bonchev–Trinajstić information content (AvgIpc) is 2.91. The average molecular weight is 557 g/mol. The van der Waals surface area contributed by atoms with Crippen LogP contribution in [0.5, 0.6) is 0 Å². The van der Waals surface area contributed by atoms with Gasteiger partial charge in [-0.05, 0) is 6.42 Å². The van der Waals surface area contributed by atoms with Gasteiger partial charge in [-0.3, -0.25) is 4.79 Å². The molecule has 3 unspecified atom stereocenters. The van der Waals surface area contributed by atoms with Gasteiger partial charge in [-0.2, -0.15) is 0 Å². The molecule has 0 aliphatic rings. The molecule has 0 aromatic heterocycles. The summed E-state index contributed by atoms with van der Waals surface area (Å²) >= 11 is 0. The molecule has 0 fully saturated rings. The van der Waals surface area contributed by atoms with Crippen molar-refractivity contribution in [2.24, 2.45) is 0 Å². The van der Waals surface area contributed by atoms with Crippen molar-refractivity contribution in [1.82, 2.24) is 10.6 Å². The third kappa shape index (κ3) is 25.0. The summed E-state index contributed by atoms with van der Waals surface area (Å²) in [5.41, 5.74) is 0. The molecular formula is C24H48N2O12. The van der Waals surface area contributed by atoms with Crippen LogP contribution in [0.4, 0.5) is 0 Å². The molecule has 0 bridgehead atoms. The maximum atomic E-state index is 11.8. The monoisotopic (exact) mass is 556 g/mol. The lowest BCUT2D eigenvalue weighted by Gasteiger charge is -2.22. The summed E-state index contributed by atoms with van der Waals surface area (Å²) in [6.45, 7) is 5.41. The van der Waals surface area contributed by atoms with Gasteiger partial charge in [-0.25, -0.2) is 0 Å². The number of hydrogen-bond acceptors (Lipinski definition) is 13. The second-order valence-corrected chi connectivity index (χ2v) is 8.07. The Morgan fingerprint density at radius 2 is 1.18 bits per heavy atom. The molecular weight excluding hydrogens is 508 g/mol. The number of carbonyl (C=O) groups is 2. The van der Waals surface area contributed by atoms with Crippen LogP contribution < -0.4 is 10.6 Å². The molecule has 0 spiro atoms. The highest BCUT2D eigenvalue weighted by Gasteiger charge is 2.23. The first kappa shape index (κ1) is 36.7. The molecule has 38 heavy (non-hydrogen) atoms. The topological polar surface area (TPSA) is 194 Å². The van der Waals surface area contributed by atoms with E-state index in [0.717, 1.165) is 6.29 Å². The smallest absolute Gasteiger partial charge is 0.222 e. The van der Waals surface area contributed by atoms with Gasteiger partial charge < -0.3 is 64.3 Å². The van der Waals surface area contributed by atoms with E-state index in [1.54, 1.807) is 0 Å². The number of aliphatic hydroxyl groups is 4. The zero-order valence-corrected chi connectivity index (χ0v) is 22.3. The van der Waals surface area contributed by atoms with E-state index in [-0.39, 0.29) is 38.5 Å². The minimum atomic E-state index is -1.33. The molecule has 0 aliphatic carbocycles. The van der Waals surface area contributed by atoms with E-state index in [4.69, 9.17) is 33.5 Å². The van der Waals surface area contributed by atoms with E-state index in [1.807, 2.05) is 0 Å². The summed E-state index contributed by atoms with van der Waals surface area (Å²) in [4.78, 5) is 21.9. The lowest BCUT2D eigenvalue weighted by Crippen LogP contribution is -2.44. The van der Waals surface area contributed by atoms with E-state index >= 15 is 0 Å². The predicted octanol–water partition coefficient (Wildman–Crippen LogP) is -2.76. The Morgan fingerprint density at radius 3 is 1.74 bits per heavy atom. The van der Waals surface area contributed by atoms with Crippen LogP contribution in [0.2, 0.25) is 0 Å². The highest BCUT2D eigenvalue weighted by molar-refractivity contribution is 5.75. The first-order valence-electron chi connectivity index (χ1n) is 13.1. The van der Waals surface area contributed by atoms with Gasteiger partial charge in [0.1, 0.15) is 12.4 Å². The second-order valence-electron chi connectivity index (χ2n) is 8.07. The van der Waals surface area contributed by atoms with Crippen LogP contribution in [0.3, 0.4) is 0 Å². The number of hydrogen-bond donors (Lipinski definition) is 6. The zero-order chi connectivity index (χ0) is 28.1. The number of rotatable bonds is 30. The van der Waals surface area contributed by atoms with Crippen molar-refractivity contribution in [3.05, 3.63) is 0 Å². The third-order valence-electron chi connectivity index (χ3n) is 4.90. The third-order valence-corrected chi connectivity index (χ3v) is 4.90. The Bertz CT molecular complexity index is 533. The molecule has 14 heteroatoms. The molecule has 0 radical (unpaired) electrons. The van der Waals surface area contributed by atoms with Gasteiger partial charge in [0.25, 0.3) is 0 Å². The summed E-state index contributed by atoms with van der Waals surface area (Å²) in [6, 6.07) is 0. The first-order valence-corrected chi connectivity index (χ1v) is 13.1. The van der Waals surface area contributed by atoms with E-state index in [1.165, 1.54) is 0 Å². The fourth-order valence-corrected chi connectivity index (χ4v) is 2.81. The molecule has 0 aromatic carbocycles. The van der Waals surface area contributed by atoms with Gasteiger partial charge >= 0.3 is 0 Å². The molecule has 0 aliphatic heterocycles. The van der Waals surface area contributed by atoms with Crippen LogP contribution in [0.15, 0.2) is 0 Å². The molecule has 14 nitrogen and oxygen atoms in total. The van der Waals surface area contributed by atoms with Crippen LogP contribution >= 0.6 is 0 Å². The Morgan fingerprint density at radius 1 is 0.684 bits per heavy atom. The van der Waals surface area contributed by atoms with Crippen molar-refractivity contribution in [3.63, 3.8) is 0 Å². The number of aliphatic hydroxyl groups excluding tert-OH is 4. The van der Waals surface area contributed by atoms with Gasteiger partial charge in [-0.1, -0.05) is 0 Å². The van der Waals surface area contributed by atoms with Gasteiger partial charge in [0.2, 0.25) is 5.91 Å². The van der Waals surface area contributed by atoms with Crippen molar-refractivity contribution < 1.29 is 58.4 Å². The van der Waals surface area contributed by atoms with Gasteiger partial charge in [-0.15, -0.1) is 0 Å². The van der Waals surface area contributed by atoms with Crippen LogP contribution in [0.1, 0.15) is 19.3 Å². The van der Waals surface area contributed by atoms with Crippen LogP contribution in [-0.4, -0.2) is 156 Å². The number of ether oxygens (including phenoxy) is 6. The highest BCUT2D eigenvalue weighted by Crippen LogP contribution is 2.03. The number of amides is 1. The van der Waals surface area contributed by atoms with Crippen molar-refractivity contribution in [2.75, 3.05) is 106 Å². The summed E-state index contributed by atoms with van der Waals surface area (Å²) in [6.07, 6.45) is -2.23. The zero-order valence-electron chi connectivity index (χ0n) is 22.3. The molecule has 0 heterocycles. The van der Waals surface area contributed by atoms with E-state index in [9.17, 15) is 24.9 Å². The van der Waals surface area contributed by atoms with Crippen molar-refractivity contribution in [1.29, 1.82) is 0 Å². The highest BCUT2D eigenvalue weighted by atomic mass is 16.6. The minimum Gasteiger partial charge on any atom is -0.396 e. The molecule has 226 valence electrons. The maximum absolute atomic E-state index is 11.8. The van der Waals surface area contributed by atoms with Gasteiger partial charge in [0, 0.05) is 39.1 Å². The molecule has 0 rings (SSSR count). The largest absolute Gasteiger partial charge is 0.396 e. The maximum Gasteiger partial charge on any atom is 0.222 e. The number of carbonyl (C=O) groups excluding carboxylic acids is 2. The number of aldehydes is 1. The second kappa shape index (κ2) is 28.7. The minimum absolute atomic E-state index is 0.00445. The summed E-state index contributed by atoms with van der Waals surface area (Å²) in [5.74, 6) is -0.132. The predicted molar refractivity (Wildman–Crippen MR) is 136 cm³/mol. The Kier molecular flexibility index (Phi) is 27.7. The van der Waals surface area contributed by atoms with Gasteiger partial charge in [0.15, 0.2) is 0 Å². The van der Waals surface area contributed by atoms with Crippen molar-refractivity contribution in [3.8, 4) is 0 Å².